The van der Waals surface area contributed by atoms with E-state index in [0.717, 1.165) is 0 Å². The molecule has 2 saturated heterocycles. The number of carbonyl (C=O) groups excluding carboxylic acids is 3. The summed E-state index contributed by atoms with van der Waals surface area (Å²) in [7, 11) is 0. The Bertz CT molecular complexity index is 666. The summed E-state index contributed by atoms with van der Waals surface area (Å²) in [4.78, 5) is 35.3. The summed E-state index contributed by atoms with van der Waals surface area (Å²) in [5, 5.41) is 0. The van der Waals surface area contributed by atoms with Crippen LogP contribution in [0.4, 0.5) is 0 Å². The highest BCUT2D eigenvalue weighted by molar-refractivity contribution is 5.67. The maximum Gasteiger partial charge on any atom is 0.303 e. The van der Waals surface area contributed by atoms with Crippen LogP contribution in [0.3, 0.4) is 0 Å². The van der Waals surface area contributed by atoms with Gasteiger partial charge < -0.3 is 28.4 Å². The first-order valence-corrected chi connectivity index (χ1v) is 11.5. The van der Waals surface area contributed by atoms with E-state index in [4.69, 9.17) is 28.4 Å². The van der Waals surface area contributed by atoms with Crippen molar-refractivity contribution in [3.63, 3.8) is 0 Å². The first-order valence-electron chi connectivity index (χ1n) is 11.5. The first kappa shape index (κ1) is 26.5. The van der Waals surface area contributed by atoms with E-state index in [-0.39, 0.29) is 18.1 Å². The molecule has 32 heavy (non-hydrogen) atoms. The zero-order valence-electron chi connectivity index (χ0n) is 20.4. The zero-order valence-corrected chi connectivity index (χ0v) is 20.4. The van der Waals surface area contributed by atoms with Gasteiger partial charge in [0.25, 0.3) is 0 Å². The van der Waals surface area contributed by atoms with E-state index in [1.807, 2.05) is 34.6 Å². The van der Waals surface area contributed by atoms with Crippen LogP contribution in [0.2, 0.25) is 0 Å². The lowest BCUT2D eigenvalue weighted by molar-refractivity contribution is -0.324. The molecule has 0 spiro atoms. The van der Waals surface area contributed by atoms with Gasteiger partial charge >= 0.3 is 17.9 Å². The molecule has 9 heteroatoms. The molecule has 2 fully saturated rings. The molecule has 0 aromatic rings. The van der Waals surface area contributed by atoms with E-state index in [1.54, 1.807) is 0 Å². The normalized spacial score (nSPS) is 39.8. The van der Waals surface area contributed by atoms with Gasteiger partial charge in [-0.05, 0) is 19.8 Å². The van der Waals surface area contributed by atoms with Crippen molar-refractivity contribution < 1.29 is 42.8 Å². The molecule has 0 saturated carbocycles. The van der Waals surface area contributed by atoms with E-state index >= 15 is 0 Å². The quantitative estimate of drug-likeness (QED) is 0.420. The van der Waals surface area contributed by atoms with E-state index in [2.05, 4.69) is 0 Å². The second-order valence-electron chi connectivity index (χ2n) is 8.78. The summed E-state index contributed by atoms with van der Waals surface area (Å²) in [6.45, 7) is 13.6. The number of esters is 3. The van der Waals surface area contributed by atoms with Crippen molar-refractivity contribution in [3.05, 3.63) is 0 Å². The lowest BCUT2D eigenvalue weighted by Crippen LogP contribution is -2.61. The third kappa shape index (κ3) is 6.20. The van der Waals surface area contributed by atoms with Gasteiger partial charge in [-0.2, -0.15) is 0 Å². The Kier molecular flexibility index (Phi) is 9.48. The second-order valence-corrected chi connectivity index (χ2v) is 8.78. The second kappa shape index (κ2) is 11.4. The van der Waals surface area contributed by atoms with Crippen molar-refractivity contribution >= 4 is 17.9 Å². The minimum atomic E-state index is -0.780. The summed E-state index contributed by atoms with van der Waals surface area (Å²) in [6, 6.07) is 0. The number of rotatable bonds is 7. The molecule has 0 radical (unpaired) electrons. The zero-order chi connectivity index (χ0) is 24.2. The molecule has 0 bridgehead atoms. The highest BCUT2D eigenvalue weighted by Gasteiger charge is 2.51. The largest absolute Gasteiger partial charge is 0.459 e. The van der Waals surface area contributed by atoms with Gasteiger partial charge in [0.1, 0.15) is 24.4 Å². The lowest BCUT2D eigenvalue weighted by Gasteiger charge is -2.48. The molecule has 0 amide bonds. The lowest BCUT2D eigenvalue weighted by atomic mass is 9.86. The van der Waals surface area contributed by atoms with Crippen LogP contribution in [-0.2, 0) is 42.8 Å². The molecule has 2 heterocycles. The third-order valence-corrected chi connectivity index (χ3v) is 6.29. The van der Waals surface area contributed by atoms with Crippen molar-refractivity contribution in [1.82, 2.24) is 0 Å². The van der Waals surface area contributed by atoms with Gasteiger partial charge in [-0.25, -0.2) is 0 Å². The average Bonchev–Trinajstić information content (AvgIpc) is 2.70. The maximum atomic E-state index is 11.8. The highest BCUT2D eigenvalue weighted by atomic mass is 16.7. The molecule has 9 nitrogen and oxygen atoms in total. The van der Waals surface area contributed by atoms with Crippen LogP contribution < -0.4 is 0 Å². The molecular formula is C23H38O9. The minimum Gasteiger partial charge on any atom is -0.459 e. The molecule has 4 unspecified atom stereocenters. The molecule has 2 rings (SSSR count). The van der Waals surface area contributed by atoms with Gasteiger partial charge in [0.15, 0.2) is 12.4 Å². The van der Waals surface area contributed by atoms with E-state index in [9.17, 15) is 14.4 Å². The summed E-state index contributed by atoms with van der Waals surface area (Å²) in [6.07, 6.45) is -3.13. The fraction of sp³-hybridized carbons (Fsp3) is 0.870. The van der Waals surface area contributed by atoms with Crippen LogP contribution in [-0.4, -0.2) is 66.9 Å². The van der Waals surface area contributed by atoms with Gasteiger partial charge in [0, 0.05) is 32.6 Å². The van der Waals surface area contributed by atoms with Gasteiger partial charge in [0.2, 0.25) is 0 Å². The highest BCUT2D eigenvalue weighted by Crippen LogP contribution is 2.37. The van der Waals surface area contributed by atoms with Gasteiger partial charge in [-0.15, -0.1) is 0 Å². The Labute approximate surface area is 190 Å². The Hall–Kier alpha value is -1.71. The molecule has 2 aliphatic heterocycles. The SMILES string of the molecule is CCC1O[C@@H](O[C@H]2C(CC)O[C@@H](C)C(C)[C@H]2OC(C)=O)C(C)[C@@H](OC(C)=O)[C@H]1OC(C)=O. The molecule has 0 aromatic heterocycles. The number of ether oxygens (including phenoxy) is 6. The first-order chi connectivity index (χ1) is 15.0. The van der Waals surface area contributed by atoms with Gasteiger partial charge in [0.05, 0.1) is 12.2 Å². The standard InChI is InChI=1S/C23H38O9/c1-9-17-22(19(28-14(6)24)11(3)13(5)27-17)32-23-12(4)20(29-15(7)25)21(30-16(8)26)18(10-2)31-23/h11-13,17-23H,9-10H2,1-8H3/t11?,12?,13-,17?,18?,19+,20+,21-,22-,23-/m0/s1. The van der Waals surface area contributed by atoms with Crippen molar-refractivity contribution in [2.75, 3.05) is 0 Å². The van der Waals surface area contributed by atoms with Crippen LogP contribution >= 0.6 is 0 Å². The van der Waals surface area contributed by atoms with E-state index in [1.165, 1.54) is 20.8 Å². The van der Waals surface area contributed by atoms with Crippen LogP contribution in [0.1, 0.15) is 68.2 Å². The molecular weight excluding hydrogens is 420 g/mol. The summed E-state index contributed by atoms with van der Waals surface area (Å²) in [5.41, 5.74) is 0. The topological polar surface area (TPSA) is 107 Å². The smallest absolute Gasteiger partial charge is 0.303 e. The number of hydrogen-bond acceptors (Lipinski definition) is 9. The Balaban J connectivity index is 2.33. The predicted octanol–water partition coefficient (Wildman–Crippen LogP) is 2.77. The monoisotopic (exact) mass is 458 g/mol. The maximum absolute atomic E-state index is 11.8. The van der Waals surface area contributed by atoms with Gasteiger partial charge in [-0.3, -0.25) is 14.4 Å². The fourth-order valence-electron chi connectivity index (χ4n) is 4.49. The van der Waals surface area contributed by atoms with Crippen LogP contribution in [0.25, 0.3) is 0 Å². The van der Waals surface area contributed by atoms with Crippen molar-refractivity contribution in [1.29, 1.82) is 0 Å². The minimum absolute atomic E-state index is 0.0920. The van der Waals surface area contributed by atoms with Crippen LogP contribution in [0, 0.1) is 11.8 Å². The summed E-state index contributed by atoms with van der Waals surface area (Å²) < 4.78 is 35.5. The Morgan fingerprint density at radius 1 is 0.656 bits per heavy atom. The fourth-order valence-corrected chi connectivity index (χ4v) is 4.49. The molecule has 10 atom stereocenters. The number of carbonyl (C=O) groups is 3. The molecule has 2 aliphatic rings. The predicted molar refractivity (Wildman–Crippen MR) is 113 cm³/mol. The van der Waals surface area contributed by atoms with Crippen LogP contribution in [0.15, 0.2) is 0 Å². The summed E-state index contributed by atoms with van der Waals surface area (Å²) in [5.74, 6) is -1.90. The Morgan fingerprint density at radius 3 is 1.56 bits per heavy atom. The summed E-state index contributed by atoms with van der Waals surface area (Å²) >= 11 is 0. The van der Waals surface area contributed by atoms with E-state index < -0.39 is 60.6 Å². The third-order valence-electron chi connectivity index (χ3n) is 6.29. The molecule has 0 aliphatic carbocycles. The van der Waals surface area contributed by atoms with Crippen molar-refractivity contribution in [2.24, 2.45) is 11.8 Å². The number of hydrogen-bond donors (Lipinski definition) is 0. The van der Waals surface area contributed by atoms with Crippen molar-refractivity contribution in [3.8, 4) is 0 Å². The van der Waals surface area contributed by atoms with Crippen molar-refractivity contribution in [2.45, 2.75) is 117 Å². The van der Waals surface area contributed by atoms with Gasteiger partial charge in [-0.1, -0.05) is 27.7 Å². The molecule has 0 N–H and O–H groups in total. The molecule has 0 aromatic carbocycles. The van der Waals surface area contributed by atoms with E-state index in [0.29, 0.717) is 12.8 Å². The average molecular weight is 459 g/mol. The Morgan fingerprint density at radius 2 is 1.09 bits per heavy atom. The molecule has 184 valence electrons. The van der Waals surface area contributed by atoms with Crippen LogP contribution in [0.5, 0.6) is 0 Å².